The molecule has 1 fully saturated rings. The number of hydrogen-bond acceptors (Lipinski definition) is 13. The predicted molar refractivity (Wildman–Crippen MR) is 153 cm³/mol. The fraction of sp³-hybridized carbons (Fsp3) is 0.500. The lowest BCUT2D eigenvalue weighted by Crippen LogP contribution is -2.43. The van der Waals surface area contributed by atoms with E-state index in [9.17, 15) is 20.0 Å². The molecule has 4 N–H and O–H groups in total. The van der Waals surface area contributed by atoms with E-state index in [0.717, 1.165) is 0 Å². The summed E-state index contributed by atoms with van der Waals surface area (Å²) in [5, 5.41) is 18.1. The largest absolute Gasteiger partial charge is 0.476 e. The van der Waals surface area contributed by atoms with E-state index in [1.165, 1.54) is 49.0 Å². The van der Waals surface area contributed by atoms with Crippen molar-refractivity contribution >= 4 is 42.4 Å². The number of imidazole rings is 1. The number of aliphatic hydroxyl groups is 1. The van der Waals surface area contributed by atoms with E-state index in [-0.39, 0.29) is 42.0 Å². The number of nitrogen functional groups attached to an aromatic ring is 1. The van der Waals surface area contributed by atoms with Crippen LogP contribution in [0.5, 0.6) is 11.6 Å². The van der Waals surface area contributed by atoms with Gasteiger partial charge in [-0.1, -0.05) is 16.7 Å². The van der Waals surface area contributed by atoms with Gasteiger partial charge in [-0.05, 0) is 57.5 Å². The van der Waals surface area contributed by atoms with Crippen LogP contribution in [0.1, 0.15) is 33.9 Å². The van der Waals surface area contributed by atoms with Crippen LogP contribution in [0.4, 0.5) is 5.95 Å². The summed E-state index contributed by atoms with van der Waals surface area (Å²) in [4.78, 5) is 27.8. The second-order valence-electron chi connectivity index (χ2n) is 9.47. The Morgan fingerprint density at radius 1 is 1.35 bits per heavy atom. The summed E-state index contributed by atoms with van der Waals surface area (Å²) in [6.07, 6.45) is -2.53. The summed E-state index contributed by atoms with van der Waals surface area (Å²) in [6.45, 7) is 6.13. The molecule has 1 aliphatic rings. The molecule has 1 saturated heterocycles. The molecular weight excluding hydrogens is 609 g/mol. The molecule has 0 saturated carbocycles. The minimum atomic E-state index is -4.33. The molecule has 6 atom stereocenters. The Hall–Kier alpha value is -3.69. The van der Waals surface area contributed by atoms with E-state index >= 15 is 0 Å². The number of ether oxygens (including phenoxy) is 3. The topological polar surface area (TPSA) is 231 Å². The van der Waals surface area contributed by atoms with Gasteiger partial charge in [0.05, 0.1) is 32.3 Å². The lowest BCUT2D eigenvalue weighted by atomic mass is 9.93. The van der Waals surface area contributed by atoms with Crippen molar-refractivity contribution < 1.29 is 37.7 Å². The maximum atomic E-state index is 13.9. The number of azide groups is 1. The third-order valence-corrected chi connectivity index (χ3v) is 8.29. The molecule has 1 aromatic carbocycles. The maximum absolute atomic E-state index is 13.9. The Labute approximate surface area is 250 Å². The minimum absolute atomic E-state index is 0.0983. The molecule has 19 heteroatoms. The zero-order valence-corrected chi connectivity index (χ0v) is 25.3. The Morgan fingerprint density at radius 3 is 2.72 bits per heavy atom. The van der Waals surface area contributed by atoms with Crippen molar-refractivity contribution in [1.82, 2.24) is 24.6 Å². The monoisotopic (exact) mass is 639 g/mol. The molecule has 43 heavy (non-hydrogen) atoms. The smallest absolute Gasteiger partial charge is 0.459 e. The van der Waals surface area contributed by atoms with Crippen LogP contribution in [0, 0.1) is 0 Å². The van der Waals surface area contributed by atoms with Crippen LogP contribution in [0.2, 0.25) is 5.02 Å². The Balaban J connectivity index is 1.63. The van der Waals surface area contributed by atoms with Crippen molar-refractivity contribution in [2.75, 3.05) is 25.6 Å². The molecule has 0 aliphatic carbocycles. The molecule has 2 aromatic heterocycles. The van der Waals surface area contributed by atoms with Gasteiger partial charge in [-0.3, -0.25) is 13.9 Å². The normalized spacial score (nSPS) is 23.7. The van der Waals surface area contributed by atoms with E-state index in [2.05, 4.69) is 30.1 Å². The number of rotatable bonds is 13. The molecule has 0 spiro atoms. The van der Waals surface area contributed by atoms with Gasteiger partial charge >= 0.3 is 13.7 Å². The van der Waals surface area contributed by atoms with Gasteiger partial charge in [-0.25, -0.2) is 9.55 Å². The number of aliphatic hydroxyl groups excluding tert-OH is 1. The van der Waals surface area contributed by atoms with Crippen molar-refractivity contribution in [3.05, 3.63) is 46.1 Å². The third kappa shape index (κ3) is 6.94. The summed E-state index contributed by atoms with van der Waals surface area (Å²) < 4.78 is 43.2. The number of anilines is 1. The lowest BCUT2D eigenvalue weighted by Gasteiger charge is -2.28. The number of nitrogens with two attached hydrogens (primary N) is 1. The highest BCUT2D eigenvalue weighted by Gasteiger charge is 2.55. The molecule has 3 heterocycles. The number of aromatic nitrogens is 4. The van der Waals surface area contributed by atoms with E-state index in [4.69, 9.17) is 40.6 Å². The second-order valence-corrected chi connectivity index (χ2v) is 11.6. The zero-order chi connectivity index (χ0) is 31.4. The summed E-state index contributed by atoms with van der Waals surface area (Å²) in [5.74, 6) is -0.550. The molecule has 1 unspecified atom stereocenters. The predicted octanol–water partition coefficient (Wildman–Crippen LogP) is 3.53. The van der Waals surface area contributed by atoms with Crippen LogP contribution >= 0.6 is 19.3 Å². The molecule has 0 amide bonds. The van der Waals surface area contributed by atoms with E-state index in [1.807, 2.05) is 0 Å². The van der Waals surface area contributed by atoms with E-state index < -0.39 is 50.3 Å². The van der Waals surface area contributed by atoms with E-state index in [0.29, 0.717) is 5.02 Å². The SMILES string of the molecule is CCOC(=O)[C@H](C)NP(=O)(OC[C@H]1O[C@@H](n2cnc3c(OCC)nc(N)nc32)[C@](C)(N=[N+]=[N-])[C@@H]1O)Oc1ccc(Cl)cc1. The molecule has 4 rings (SSSR count). The van der Waals surface area contributed by atoms with Crippen molar-refractivity contribution in [3.63, 3.8) is 0 Å². The van der Waals surface area contributed by atoms with Crippen LogP contribution in [0.3, 0.4) is 0 Å². The quantitative estimate of drug-likeness (QED) is 0.0799. The summed E-state index contributed by atoms with van der Waals surface area (Å²) >= 11 is 5.94. The third-order valence-electron chi connectivity index (χ3n) is 6.40. The van der Waals surface area contributed by atoms with Gasteiger partial charge in [-0.2, -0.15) is 15.1 Å². The number of nitrogens with one attached hydrogen (secondary N) is 1. The highest BCUT2D eigenvalue weighted by Crippen LogP contribution is 2.48. The van der Waals surface area contributed by atoms with Gasteiger partial charge in [0.15, 0.2) is 17.4 Å². The summed E-state index contributed by atoms with van der Waals surface area (Å²) in [7, 11) is -4.33. The number of fused-ring (bicyclic) bond motifs is 1. The Kier molecular flexibility index (Phi) is 9.97. The van der Waals surface area contributed by atoms with Gasteiger partial charge in [0.1, 0.15) is 23.4 Å². The minimum Gasteiger partial charge on any atom is -0.476 e. The number of carbonyl (C=O) groups is 1. The van der Waals surface area contributed by atoms with Crippen molar-refractivity contribution in [2.45, 2.75) is 57.7 Å². The summed E-state index contributed by atoms with van der Waals surface area (Å²) in [6, 6.07) is 4.84. The Bertz CT molecular complexity index is 1550. The highest BCUT2D eigenvalue weighted by atomic mass is 35.5. The fourth-order valence-electron chi connectivity index (χ4n) is 4.35. The van der Waals surface area contributed by atoms with Crippen LogP contribution < -0.4 is 20.1 Å². The van der Waals surface area contributed by atoms with Crippen LogP contribution in [0.15, 0.2) is 35.7 Å². The van der Waals surface area contributed by atoms with E-state index in [1.54, 1.807) is 13.8 Å². The number of nitrogens with zero attached hydrogens (tertiary/aromatic N) is 7. The lowest BCUT2D eigenvalue weighted by molar-refractivity contribution is -0.144. The summed E-state index contributed by atoms with van der Waals surface area (Å²) in [5.41, 5.74) is 14.1. The molecule has 17 nitrogen and oxygen atoms in total. The first kappa shape index (κ1) is 32.2. The van der Waals surface area contributed by atoms with Crippen LogP contribution in [-0.4, -0.2) is 74.2 Å². The van der Waals surface area contributed by atoms with Gasteiger partial charge in [0.25, 0.3) is 0 Å². The number of hydrogen-bond donors (Lipinski definition) is 3. The molecular formula is C24H31ClN9O8P. The van der Waals surface area contributed by atoms with Crippen molar-refractivity contribution in [1.29, 1.82) is 0 Å². The number of halogens is 1. The number of esters is 1. The molecule has 1 aliphatic heterocycles. The molecule has 3 aromatic rings. The first-order chi connectivity index (χ1) is 20.4. The molecule has 0 bridgehead atoms. The van der Waals surface area contributed by atoms with Crippen molar-refractivity contribution in [2.24, 2.45) is 5.11 Å². The van der Waals surface area contributed by atoms with Gasteiger partial charge in [0, 0.05) is 9.93 Å². The first-order valence-electron chi connectivity index (χ1n) is 13.1. The fourth-order valence-corrected chi connectivity index (χ4v) is 5.98. The van der Waals surface area contributed by atoms with Crippen molar-refractivity contribution in [3.8, 4) is 11.6 Å². The first-order valence-corrected chi connectivity index (χ1v) is 15.0. The standard InChI is InChI=1S/C24H31ClN9O8P/c1-5-38-20-17-19(29-23(26)30-20)34(12-28-17)22-24(4,32-33-27)18(35)16(41-22)11-40-43(37,31-13(3)21(36)39-6-2)42-15-9-7-14(25)8-10-15/h7-10,12-13,16,18,22,35H,5-6,11H2,1-4H3,(H,31,37)(H2,26,29,30)/t13-,16+,18+,22+,24+,43?/m0/s1. The maximum Gasteiger partial charge on any atom is 0.459 e. The average Bonchev–Trinajstić information content (AvgIpc) is 3.47. The number of benzene rings is 1. The second kappa shape index (κ2) is 13.3. The van der Waals surface area contributed by atoms with Gasteiger partial charge in [0.2, 0.25) is 11.8 Å². The number of carbonyl (C=O) groups excluding carboxylic acids is 1. The molecule has 0 radical (unpaired) electrons. The zero-order valence-electron chi connectivity index (χ0n) is 23.7. The van der Waals surface area contributed by atoms with Crippen LogP contribution in [-0.2, 0) is 23.4 Å². The Morgan fingerprint density at radius 2 is 2.07 bits per heavy atom. The highest BCUT2D eigenvalue weighted by molar-refractivity contribution is 7.52. The van der Waals surface area contributed by atoms with Crippen LogP contribution in [0.25, 0.3) is 21.6 Å². The average molecular weight is 640 g/mol. The van der Waals surface area contributed by atoms with Gasteiger partial charge in [-0.15, -0.1) is 0 Å². The van der Waals surface area contributed by atoms with Gasteiger partial charge < -0.3 is 29.6 Å². The molecule has 232 valence electrons.